The minimum Gasteiger partial charge on any atom is -0.377 e. The predicted octanol–water partition coefficient (Wildman–Crippen LogP) is 1.92. The van der Waals surface area contributed by atoms with Crippen LogP contribution in [0.15, 0.2) is 30.3 Å². The maximum atomic E-state index is 6.22. The molecule has 1 aliphatic rings. The molecule has 3 N–H and O–H groups in total. The summed E-state index contributed by atoms with van der Waals surface area (Å²) >= 11 is 0. The molecular weight excluding hydrogens is 224 g/mol. The molecule has 0 radical (unpaired) electrons. The molecule has 0 spiro atoms. The van der Waals surface area contributed by atoms with Gasteiger partial charge in [0.1, 0.15) is 0 Å². The van der Waals surface area contributed by atoms with Crippen molar-refractivity contribution in [3.8, 4) is 0 Å². The van der Waals surface area contributed by atoms with E-state index in [0.717, 1.165) is 26.1 Å². The fourth-order valence-electron chi connectivity index (χ4n) is 2.49. The van der Waals surface area contributed by atoms with Crippen LogP contribution in [0, 0.1) is 5.92 Å². The first kappa shape index (κ1) is 13.5. The highest BCUT2D eigenvalue weighted by Crippen LogP contribution is 2.17. The Bertz CT molecular complexity index is 323. The minimum absolute atomic E-state index is 0.294. The lowest BCUT2D eigenvalue weighted by atomic mass is 9.89. The Kier molecular flexibility index (Phi) is 5.65. The predicted molar refractivity (Wildman–Crippen MR) is 74.3 cm³/mol. The van der Waals surface area contributed by atoms with Crippen LogP contribution < -0.4 is 11.1 Å². The zero-order valence-electron chi connectivity index (χ0n) is 11.0. The molecule has 0 aliphatic carbocycles. The fourth-order valence-corrected chi connectivity index (χ4v) is 2.49. The molecule has 1 saturated heterocycles. The molecule has 1 fully saturated rings. The molecule has 1 heterocycles. The van der Waals surface area contributed by atoms with Gasteiger partial charge in [-0.25, -0.2) is 0 Å². The summed E-state index contributed by atoms with van der Waals surface area (Å²) in [7, 11) is 0. The first-order chi connectivity index (χ1) is 8.86. The van der Waals surface area contributed by atoms with Crippen molar-refractivity contribution in [1.29, 1.82) is 0 Å². The van der Waals surface area contributed by atoms with Gasteiger partial charge in [-0.15, -0.1) is 0 Å². The second-order valence-electron chi connectivity index (χ2n) is 5.08. The summed E-state index contributed by atoms with van der Waals surface area (Å²) < 4.78 is 5.69. The van der Waals surface area contributed by atoms with Gasteiger partial charge in [-0.2, -0.15) is 0 Å². The van der Waals surface area contributed by atoms with Crippen LogP contribution in [0.1, 0.15) is 24.8 Å². The third kappa shape index (κ3) is 4.41. The van der Waals surface area contributed by atoms with Crippen LogP contribution in [-0.4, -0.2) is 25.7 Å². The Hall–Kier alpha value is -0.900. The summed E-state index contributed by atoms with van der Waals surface area (Å²) in [6.45, 7) is 3.69. The van der Waals surface area contributed by atoms with Crippen molar-refractivity contribution >= 4 is 0 Å². The lowest BCUT2D eigenvalue weighted by Gasteiger charge is -2.28. The van der Waals surface area contributed by atoms with Gasteiger partial charge in [-0.3, -0.25) is 0 Å². The maximum Gasteiger partial charge on any atom is 0.0716 e. The Morgan fingerprint density at radius 3 is 2.67 bits per heavy atom. The summed E-state index contributed by atoms with van der Waals surface area (Å²) in [6.07, 6.45) is 3.39. The number of hydrogen-bond acceptors (Lipinski definition) is 3. The van der Waals surface area contributed by atoms with Crippen molar-refractivity contribution in [2.75, 3.05) is 19.7 Å². The van der Waals surface area contributed by atoms with E-state index in [1.807, 2.05) is 18.2 Å². The second-order valence-corrected chi connectivity index (χ2v) is 5.08. The fraction of sp³-hybridized carbons (Fsp3) is 0.600. The van der Waals surface area contributed by atoms with E-state index in [-0.39, 0.29) is 0 Å². The van der Waals surface area contributed by atoms with Crippen LogP contribution in [0.25, 0.3) is 0 Å². The number of hydrogen-bond donors (Lipinski definition) is 2. The molecule has 0 amide bonds. The summed E-state index contributed by atoms with van der Waals surface area (Å²) in [4.78, 5) is 0. The molecule has 3 heteroatoms. The van der Waals surface area contributed by atoms with Gasteiger partial charge in [-0.1, -0.05) is 30.3 Å². The van der Waals surface area contributed by atoms with E-state index in [4.69, 9.17) is 10.5 Å². The number of nitrogens with two attached hydrogens (primary N) is 1. The van der Waals surface area contributed by atoms with Gasteiger partial charge in [-0.05, 0) is 43.8 Å². The Balaban J connectivity index is 1.60. The van der Waals surface area contributed by atoms with Crippen molar-refractivity contribution in [3.05, 3.63) is 35.9 Å². The monoisotopic (exact) mass is 248 g/mol. The van der Waals surface area contributed by atoms with Gasteiger partial charge in [0.05, 0.1) is 6.61 Å². The third-order valence-electron chi connectivity index (χ3n) is 3.70. The smallest absolute Gasteiger partial charge is 0.0716 e. The average Bonchev–Trinajstić information content (AvgIpc) is 2.45. The lowest BCUT2D eigenvalue weighted by molar-refractivity contribution is 0.107. The summed E-state index contributed by atoms with van der Waals surface area (Å²) in [5, 5.41) is 3.37. The van der Waals surface area contributed by atoms with Crippen LogP contribution in [0.5, 0.6) is 0 Å². The largest absolute Gasteiger partial charge is 0.377 e. The molecule has 3 nitrogen and oxygen atoms in total. The highest BCUT2D eigenvalue weighted by Gasteiger charge is 2.19. The third-order valence-corrected chi connectivity index (χ3v) is 3.70. The van der Waals surface area contributed by atoms with E-state index < -0.39 is 0 Å². The summed E-state index contributed by atoms with van der Waals surface area (Å²) in [5.41, 5.74) is 7.45. The number of benzene rings is 1. The molecule has 0 aromatic heterocycles. The summed E-state index contributed by atoms with van der Waals surface area (Å²) in [6, 6.07) is 10.6. The number of piperidine rings is 1. The Morgan fingerprint density at radius 1 is 1.22 bits per heavy atom. The normalized spacial score (nSPS) is 18.7. The average molecular weight is 248 g/mol. The van der Waals surface area contributed by atoms with Crippen LogP contribution in [-0.2, 0) is 11.3 Å². The van der Waals surface area contributed by atoms with Crippen molar-refractivity contribution in [2.24, 2.45) is 11.7 Å². The molecule has 1 atom stereocenters. The van der Waals surface area contributed by atoms with Crippen LogP contribution in [0.3, 0.4) is 0 Å². The molecule has 1 aromatic rings. The van der Waals surface area contributed by atoms with Gasteiger partial charge in [0.2, 0.25) is 0 Å². The topological polar surface area (TPSA) is 47.3 Å². The zero-order valence-corrected chi connectivity index (χ0v) is 11.0. The van der Waals surface area contributed by atoms with Crippen LogP contribution in [0.4, 0.5) is 0 Å². The van der Waals surface area contributed by atoms with Crippen molar-refractivity contribution in [3.63, 3.8) is 0 Å². The molecule has 1 aliphatic heterocycles. The Morgan fingerprint density at radius 2 is 1.94 bits per heavy atom. The minimum atomic E-state index is 0.294. The van der Waals surface area contributed by atoms with Crippen molar-refractivity contribution in [1.82, 2.24) is 5.32 Å². The first-order valence-corrected chi connectivity index (χ1v) is 6.94. The highest BCUT2D eigenvalue weighted by atomic mass is 16.5. The van der Waals surface area contributed by atoms with Gasteiger partial charge in [0.25, 0.3) is 0 Å². The molecule has 0 saturated carbocycles. The van der Waals surface area contributed by atoms with E-state index in [2.05, 4.69) is 17.4 Å². The number of rotatable bonds is 6. The van der Waals surface area contributed by atoms with Gasteiger partial charge < -0.3 is 15.8 Å². The molecular formula is C15H24N2O. The summed E-state index contributed by atoms with van der Waals surface area (Å²) in [5.74, 6) is 0.673. The number of ether oxygens (including phenoxy) is 1. The van der Waals surface area contributed by atoms with Crippen LogP contribution in [0.2, 0.25) is 0 Å². The van der Waals surface area contributed by atoms with E-state index >= 15 is 0 Å². The van der Waals surface area contributed by atoms with E-state index in [9.17, 15) is 0 Å². The SMILES string of the molecule is NC(CCOCc1ccccc1)C1CCNCC1. The molecule has 100 valence electrons. The van der Waals surface area contributed by atoms with Crippen molar-refractivity contribution in [2.45, 2.75) is 31.9 Å². The number of nitrogens with one attached hydrogen (secondary N) is 1. The van der Waals surface area contributed by atoms with E-state index in [1.54, 1.807) is 0 Å². The molecule has 0 bridgehead atoms. The zero-order chi connectivity index (χ0) is 12.6. The van der Waals surface area contributed by atoms with Crippen molar-refractivity contribution < 1.29 is 4.74 Å². The Labute approximate surface area is 110 Å². The van der Waals surface area contributed by atoms with E-state index in [1.165, 1.54) is 18.4 Å². The lowest BCUT2D eigenvalue weighted by Crippen LogP contribution is -2.39. The standard InChI is InChI=1S/C15H24N2O/c16-15(14-6-9-17-10-7-14)8-11-18-12-13-4-2-1-3-5-13/h1-5,14-15,17H,6-12,16H2. The van der Waals surface area contributed by atoms with E-state index in [0.29, 0.717) is 18.6 Å². The first-order valence-electron chi connectivity index (χ1n) is 6.94. The molecule has 1 aromatic carbocycles. The van der Waals surface area contributed by atoms with Gasteiger partial charge in [0.15, 0.2) is 0 Å². The second kappa shape index (κ2) is 7.52. The molecule has 2 rings (SSSR count). The quantitative estimate of drug-likeness (QED) is 0.756. The maximum absolute atomic E-state index is 6.22. The van der Waals surface area contributed by atoms with Gasteiger partial charge in [0, 0.05) is 12.6 Å². The highest BCUT2D eigenvalue weighted by molar-refractivity contribution is 5.13. The molecule has 18 heavy (non-hydrogen) atoms. The van der Waals surface area contributed by atoms with Gasteiger partial charge >= 0.3 is 0 Å². The molecule has 1 unspecified atom stereocenters. The van der Waals surface area contributed by atoms with Crippen LogP contribution >= 0.6 is 0 Å².